The van der Waals surface area contributed by atoms with E-state index in [9.17, 15) is 22.8 Å². The summed E-state index contributed by atoms with van der Waals surface area (Å²) in [6.45, 7) is 1.92. The molecular formula is C19H22F3N5O2. The highest BCUT2D eigenvalue weighted by atomic mass is 19.4. The fraction of sp³-hybridized carbons (Fsp3) is 0.421. The molecule has 0 radical (unpaired) electrons. The number of carbonyl (C=O) groups excluding carboxylic acids is 2. The van der Waals surface area contributed by atoms with E-state index in [2.05, 4.69) is 10.4 Å². The largest absolute Gasteiger partial charge is 0.435 e. The molecule has 2 amide bonds. The molecule has 2 aromatic rings. The number of hydrogen-bond donors (Lipinski definition) is 1. The molecule has 2 heterocycles. The standard InChI is InChI=1S/C19H22F3N5O2/c1-25-12-15(17(24-25)19(20,21)22)18(29)27-9-7-26(8-10-27)13-16(28)23-11-14-5-3-2-4-6-14/h2-6,12H,7-11,13H2,1H3,(H,23,28). The van der Waals surface area contributed by atoms with Crippen LogP contribution in [0.15, 0.2) is 36.5 Å². The second kappa shape index (κ2) is 8.64. The highest BCUT2D eigenvalue weighted by Gasteiger charge is 2.40. The van der Waals surface area contributed by atoms with Crippen LogP contribution in [0.25, 0.3) is 0 Å². The van der Waals surface area contributed by atoms with Crippen molar-refractivity contribution in [2.24, 2.45) is 7.05 Å². The number of aryl methyl sites for hydroxylation is 1. The summed E-state index contributed by atoms with van der Waals surface area (Å²) >= 11 is 0. The number of alkyl halides is 3. The third-order valence-electron chi connectivity index (χ3n) is 4.69. The number of nitrogens with zero attached hydrogens (tertiary/aromatic N) is 4. The highest BCUT2D eigenvalue weighted by Crippen LogP contribution is 2.31. The normalized spacial score (nSPS) is 15.4. The fourth-order valence-corrected chi connectivity index (χ4v) is 3.19. The minimum absolute atomic E-state index is 0.139. The molecule has 0 aliphatic carbocycles. The van der Waals surface area contributed by atoms with E-state index in [1.54, 1.807) is 0 Å². The fourth-order valence-electron chi connectivity index (χ4n) is 3.19. The van der Waals surface area contributed by atoms with Gasteiger partial charge in [0.25, 0.3) is 5.91 Å². The van der Waals surface area contributed by atoms with Gasteiger partial charge in [-0.05, 0) is 5.56 Å². The first-order valence-electron chi connectivity index (χ1n) is 9.17. The van der Waals surface area contributed by atoms with Crippen molar-refractivity contribution in [1.82, 2.24) is 24.9 Å². The van der Waals surface area contributed by atoms with Gasteiger partial charge in [-0.15, -0.1) is 0 Å². The van der Waals surface area contributed by atoms with E-state index < -0.39 is 23.3 Å². The van der Waals surface area contributed by atoms with E-state index in [1.807, 2.05) is 35.2 Å². The van der Waals surface area contributed by atoms with Crippen LogP contribution in [0.2, 0.25) is 0 Å². The number of aromatic nitrogens is 2. The summed E-state index contributed by atoms with van der Waals surface area (Å²) in [5.41, 5.74) is -0.630. The molecule has 1 fully saturated rings. The van der Waals surface area contributed by atoms with Crippen LogP contribution in [0.1, 0.15) is 21.6 Å². The third-order valence-corrected chi connectivity index (χ3v) is 4.69. The van der Waals surface area contributed by atoms with Crippen LogP contribution >= 0.6 is 0 Å². The average molecular weight is 409 g/mol. The van der Waals surface area contributed by atoms with E-state index in [4.69, 9.17) is 0 Å². The van der Waals surface area contributed by atoms with E-state index in [1.165, 1.54) is 11.9 Å². The predicted molar refractivity (Wildman–Crippen MR) is 98.8 cm³/mol. The van der Waals surface area contributed by atoms with Gasteiger partial charge in [-0.2, -0.15) is 18.3 Å². The van der Waals surface area contributed by atoms with Gasteiger partial charge < -0.3 is 10.2 Å². The minimum Gasteiger partial charge on any atom is -0.351 e. The molecule has 1 aliphatic heterocycles. The predicted octanol–water partition coefficient (Wildman–Crippen LogP) is 1.51. The monoisotopic (exact) mass is 409 g/mol. The molecule has 0 unspecified atom stereocenters. The maximum atomic E-state index is 13.1. The number of carbonyl (C=O) groups is 2. The number of amides is 2. The Bertz CT molecular complexity index is 858. The quantitative estimate of drug-likeness (QED) is 0.813. The number of hydrogen-bond acceptors (Lipinski definition) is 4. The van der Waals surface area contributed by atoms with E-state index >= 15 is 0 Å². The number of nitrogens with one attached hydrogen (secondary N) is 1. The topological polar surface area (TPSA) is 70.5 Å². The van der Waals surface area contributed by atoms with E-state index in [-0.39, 0.29) is 25.5 Å². The number of benzene rings is 1. The Morgan fingerprint density at radius 1 is 1.10 bits per heavy atom. The van der Waals surface area contributed by atoms with Crippen LogP contribution < -0.4 is 5.32 Å². The van der Waals surface area contributed by atoms with Crippen molar-refractivity contribution in [3.8, 4) is 0 Å². The smallest absolute Gasteiger partial charge is 0.351 e. The van der Waals surface area contributed by atoms with Crippen LogP contribution in [0.4, 0.5) is 13.2 Å². The molecule has 0 atom stereocenters. The van der Waals surface area contributed by atoms with Crippen LogP contribution in [-0.2, 0) is 24.6 Å². The lowest BCUT2D eigenvalue weighted by Crippen LogP contribution is -2.51. The summed E-state index contributed by atoms with van der Waals surface area (Å²) in [4.78, 5) is 27.9. The van der Waals surface area contributed by atoms with Gasteiger partial charge in [0.15, 0.2) is 5.69 Å². The molecule has 1 N–H and O–H groups in total. The van der Waals surface area contributed by atoms with Gasteiger partial charge in [0, 0.05) is 46.0 Å². The third kappa shape index (κ3) is 5.35. The molecule has 1 aromatic heterocycles. The maximum absolute atomic E-state index is 13.1. The zero-order chi connectivity index (χ0) is 21.0. The van der Waals surface area contributed by atoms with Crippen LogP contribution in [0, 0.1) is 0 Å². The summed E-state index contributed by atoms with van der Waals surface area (Å²) in [6.07, 6.45) is -3.60. The molecule has 29 heavy (non-hydrogen) atoms. The van der Waals surface area contributed by atoms with Crippen molar-refractivity contribution in [3.05, 3.63) is 53.3 Å². The molecule has 0 spiro atoms. The van der Waals surface area contributed by atoms with Crippen LogP contribution in [0.5, 0.6) is 0 Å². The molecule has 10 heteroatoms. The Balaban J connectivity index is 1.50. The zero-order valence-corrected chi connectivity index (χ0v) is 15.9. The Morgan fingerprint density at radius 2 is 1.76 bits per heavy atom. The van der Waals surface area contributed by atoms with Crippen molar-refractivity contribution < 1.29 is 22.8 Å². The first-order valence-corrected chi connectivity index (χ1v) is 9.17. The maximum Gasteiger partial charge on any atom is 0.435 e. The highest BCUT2D eigenvalue weighted by molar-refractivity contribution is 5.95. The van der Waals surface area contributed by atoms with Crippen molar-refractivity contribution in [2.45, 2.75) is 12.7 Å². The van der Waals surface area contributed by atoms with E-state index in [0.29, 0.717) is 19.6 Å². The summed E-state index contributed by atoms with van der Waals surface area (Å²) < 4.78 is 40.3. The van der Waals surface area contributed by atoms with Gasteiger partial charge in [-0.1, -0.05) is 30.3 Å². The van der Waals surface area contributed by atoms with Crippen molar-refractivity contribution in [3.63, 3.8) is 0 Å². The summed E-state index contributed by atoms with van der Waals surface area (Å²) in [5.74, 6) is -0.834. The SMILES string of the molecule is Cn1cc(C(=O)N2CCN(CC(=O)NCc3ccccc3)CC2)c(C(F)(F)F)n1. The molecule has 0 bridgehead atoms. The molecule has 7 nitrogen and oxygen atoms in total. The lowest BCUT2D eigenvalue weighted by Gasteiger charge is -2.34. The lowest BCUT2D eigenvalue weighted by atomic mass is 10.2. The summed E-state index contributed by atoms with van der Waals surface area (Å²) in [7, 11) is 1.35. The summed E-state index contributed by atoms with van der Waals surface area (Å²) in [6, 6.07) is 9.51. The van der Waals surface area contributed by atoms with Crippen molar-refractivity contribution >= 4 is 11.8 Å². The number of rotatable bonds is 5. The Kier molecular flexibility index (Phi) is 6.21. The summed E-state index contributed by atoms with van der Waals surface area (Å²) in [5, 5.41) is 6.21. The molecule has 156 valence electrons. The van der Waals surface area contributed by atoms with Gasteiger partial charge in [-0.25, -0.2) is 0 Å². The Hall–Kier alpha value is -2.88. The molecular weight excluding hydrogens is 387 g/mol. The number of piperazine rings is 1. The zero-order valence-electron chi connectivity index (χ0n) is 15.9. The first kappa shape index (κ1) is 20.8. The Morgan fingerprint density at radius 3 is 2.38 bits per heavy atom. The Labute approximate surface area is 166 Å². The van der Waals surface area contributed by atoms with Gasteiger partial charge in [0.2, 0.25) is 5.91 Å². The second-order valence-electron chi connectivity index (χ2n) is 6.89. The average Bonchev–Trinajstić information content (AvgIpc) is 3.09. The van der Waals surface area contributed by atoms with Gasteiger partial charge in [0.05, 0.1) is 12.1 Å². The molecule has 1 aromatic carbocycles. The minimum atomic E-state index is -4.69. The van der Waals surface area contributed by atoms with E-state index in [0.717, 1.165) is 16.4 Å². The van der Waals surface area contributed by atoms with Crippen LogP contribution in [0.3, 0.4) is 0 Å². The molecule has 0 saturated carbocycles. The van der Waals surface area contributed by atoms with Crippen LogP contribution in [-0.4, -0.2) is 64.1 Å². The van der Waals surface area contributed by atoms with Gasteiger partial charge in [-0.3, -0.25) is 19.2 Å². The first-order chi connectivity index (χ1) is 13.7. The van der Waals surface area contributed by atoms with Crippen molar-refractivity contribution in [2.75, 3.05) is 32.7 Å². The molecule has 1 saturated heterocycles. The van der Waals surface area contributed by atoms with Gasteiger partial charge in [0.1, 0.15) is 0 Å². The number of halogens is 3. The molecule has 1 aliphatic rings. The molecule has 3 rings (SSSR count). The van der Waals surface area contributed by atoms with Crippen molar-refractivity contribution in [1.29, 1.82) is 0 Å². The van der Waals surface area contributed by atoms with Gasteiger partial charge >= 0.3 is 6.18 Å². The second-order valence-corrected chi connectivity index (χ2v) is 6.89. The lowest BCUT2D eigenvalue weighted by molar-refractivity contribution is -0.141.